The number of esters is 1. The predicted molar refractivity (Wildman–Crippen MR) is 73.4 cm³/mol. The first-order valence-corrected chi connectivity index (χ1v) is 6.74. The highest BCUT2D eigenvalue weighted by Crippen LogP contribution is 2.42. The summed E-state index contributed by atoms with van der Waals surface area (Å²) in [4.78, 5) is 16.2. The number of ether oxygens (including phenoxy) is 3. The molecule has 6 nitrogen and oxygen atoms in total. The Kier molecular flexibility index (Phi) is 3.19. The molecule has 0 radical (unpaired) electrons. The number of aromatic nitrogens is 1. The summed E-state index contributed by atoms with van der Waals surface area (Å²) in [7, 11) is 3.02. The van der Waals surface area contributed by atoms with Gasteiger partial charge in [0.2, 0.25) is 6.23 Å². The molecule has 104 valence electrons. The lowest BCUT2D eigenvalue weighted by Gasteiger charge is -2.13. The summed E-state index contributed by atoms with van der Waals surface area (Å²) in [5.41, 5.74) is 1.10. The van der Waals surface area contributed by atoms with Gasteiger partial charge in [-0.2, -0.15) is 0 Å². The van der Waals surface area contributed by atoms with E-state index in [9.17, 15) is 4.79 Å². The Morgan fingerprint density at radius 2 is 2.20 bits per heavy atom. The van der Waals surface area contributed by atoms with Crippen LogP contribution in [0.4, 0.5) is 5.13 Å². The van der Waals surface area contributed by atoms with Crippen molar-refractivity contribution in [2.45, 2.75) is 6.23 Å². The van der Waals surface area contributed by atoms with E-state index in [1.165, 1.54) is 25.6 Å². The molecule has 0 fully saturated rings. The van der Waals surface area contributed by atoms with Crippen molar-refractivity contribution in [3.05, 3.63) is 34.8 Å². The zero-order valence-electron chi connectivity index (χ0n) is 10.9. The van der Waals surface area contributed by atoms with Gasteiger partial charge in [-0.15, -0.1) is 11.3 Å². The fourth-order valence-electron chi connectivity index (χ4n) is 2.11. The van der Waals surface area contributed by atoms with Gasteiger partial charge in [-0.3, -0.25) is 0 Å². The van der Waals surface area contributed by atoms with Crippen LogP contribution in [0.2, 0.25) is 0 Å². The summed E-state index contributed by atoms with van der Waals surface area (Å²) < 4.78 is 15.8. The van der Waals surface area contributed by atoms with Gasteiger partial charge in [-0.1, -0.05) is 0 Å². The van der Waals surface area contributed by atoms with Crippen LogP contribution in [0.25, 0.3) is 0 Å². The highest BCUT2D eigenvalue weighted by Gasteiger charge is 2.36. The van der Waals surface area contributed by atoms with Crippen molar-refractivity contribution in [1.29, 1.82) is 0 Å². The Hall–Kier alpha value is -2.28. The molecule has 0 amide bonds. The second kappa shape index (κ2) is 5.01. The fraction of sp³-hybridized carbons (Fsp3) is 0.231. The predicted octanol–water partition coefficient (Wildman–Crippen LogP) is 2.44. The van der Waals surface area contributed by atoms with E-state index in [1.54, 1.807) is 18.3 Å². The lowest BCUT2D eigenvalue weighted by Crippen LogP contribution is -2.09. The smallest absolute Gasteiger partial charge is 0.344 e. The number of fused-ring (bicyclic) bond motifs is 1. The van der Waals surface area contributed by atoms with Crippen LogP contribution in [-0.2, 0) is 4.74 Å². The number of carbonyl (C=O) groups is 1. The number of methoxy groups -OCH3 is 2. The average Bonchev–Trinajstić information content (AvgIpc) is 3.07. The number of hydrogen-bond acceptors (Lipinski definition) is 7. The van der Waals surface area contributed by atoms with Crippen molar-refractivity contribution in [2.75, 3.05) is 19.5 Å². The summed E-state index contributed by atoms with van der Waals surface area (Å²) >= 11 is 1.43. The largest absolute Gasteiger partial charge is 0.493 e. The van der Waals surface area contributed by atoms with Gasteiger partial charge >= 0.3 is 5.97 Å². The minimum Gasteiger partial charge on any atom is -0.493 e. The lowest BCUT2D eigenvalue weighted by atomic mass is 10.1. The standard InChI is InChI=1S/C13H12N2O4S/c1-17-8-4-3-7-9(10(8)18-2)12(16)19-11(7)15-13-14-5-6-20-13/h3-6,11H,1-2H3,(H,14,15). The van der Waals surface area contributed by atoms with E-state index in [0.29, 0.717) is 27.8 Å². The number of nitrogens with one attached hydrogen (secondary N) is 1. The first-order valence-electron chi connectivity index (χ1n) is 5.86. The third-order valence-electron chi connectivity index (χ3n) is 2.98. The van der Waals surface area contributed by atoms with Gasteiger partial charge in [0.1, 0.15) is 5.56 Å². The summed E-state index contributed by atoms with van der Waals surface area (Å²) in [6, 6.07) is 3.53. The van der Waals surface area contributed by atoms with E-state index < -0.39 is 12.2 Å². The normalized spacial score (nSPS) is 16.5. The molecule has 0 bridgehead atoms. The summed E-state index contributed by atoms with van der Waals surface area (Å²) in [6.07, 6.45) is 1.11. The quantitative estimate of drug-likeness (QED) is 0.873. The summed E-state index contributed by atoms with van der Waals surface area (Å²) in [6.45, 7) is 0. The molecule has 1 N–H and O–H groups in total. The molecule has 0 saturated carbocycles. The minimum atomic E-state index is -0.566. The molecule has 1 aromatic heterocycles. The topological polar surface area (TPSA) is 69.7 Å². The van der Waals surface area contributed by atoms with Crippen LogP contribution in [-0.4, -0.2) is 25.2 Å². The molecule has 1 unspecified atom stereocenters. The second-order valence-corrected chi connectivity index (χ2v) is 4.93. The van der Waals surface area contributed by atoms with Gasteiger partial charge in [0.15, 0.2) is 16.6 Å². The molecule has 20 heavy (non-hydrogen) atoms. The van der Waals surface area contributed by atoms with Crippen LogP contribution < -0.4 is 14.8 Å². The van der Waals surface area contributed by atoms with Gasteiger partial charge in [0.25, 0.3) is 0 Å². The molecular weight excluding hydrogens is 280 g/mol. The first-order chi connectivity index (χ1) is 9.74. The van der Waals surface area contributed by atoms with Crippen molar-refractivity contribution in [1.82, 2.24) is 4.98 Å². The summed E-state index contributed by atoms with van der Waals surface area (Å²) in [5, 5.41) is 5.59. The Morgan fingerprint density at radius 1 is 1.35 bits per heavy atom. The van der Waals surface area contributed by atoms with Crippen LogP contribution in [0.5, 0.6) is 11.5 Å². The Labute approximate surface area is 119 Å². The van der Waals surface area contributed by atoms with Crippen LogP contribution in [0.3, 0.4) is 0 Å². The Morgan fingerprint density at radius 3 is 2.85 bits per heavy atom. The lowest BCUT2D eigenvalue weighted by molar-refractivity contribution is 0.0435. The zero-order valence-corrected chi connectivity index (χ0v) is 11.7. The Balaban J connectivity index is 2.01. The van der Waals surface area contributed by atoms with Gasteiger partial charge in [0, 0.05) is 17.1 Å². The maximum atomic E-state index is 12.0. The molecule has 1 atom stereocenters. The maximum Gasteiger partial charge on any atom is 0.344 e. The molecule has 3 rings (SSSR count). The summed E-state index contributed by atoms with van der Waals surface area (Å²) in [5.74, 6) is 0.446. The molecule has 0 saturated heterocycles. The number of thiazole rings is 1. The van der Waals surface area contributed by atoms with Crippen molar-refractivity contribution < 1.29 is 19.0 Å². The van der Waals surface area contributed by atoms with Crippen LogP contribution in [0, 0.1) is 0 Å². The van der Waals surface area contributed by atoms with E-state index in [-0.39, 0.29) is 0 Å². The number of benzene rings is 1. The van der Waals surface area contributed by atoms with Crippen LogP contribution in [0.15, 0.2) is 23.7 Å². The third-order valence-corrected chi connectivity index (χ3v) is 3.68. The van der Waals surface area contributed by atoms with Crippen molar-refractivity contribution in [3.63, 3.8) is 0 Å². The molecule has 7 heteroatoms. The zero-order chi connectivity index (χ0) is 14.1. The molecule has 1 aliphatic heterocycles. The highest BCUT2D eigenvalue weighted by atomic mass is 32.1. The second-order valence-electron chi connectivity index (χ2n) is 4.03. The SMILES string of the molecule is COc1ccc2c(c1OC)C(=O)OC2Nc1nccs1. The monoisotopic (exact) mass is 292 g/mol. The van der Waals surface area contributed by atoms with E-state index >= 15 is 0 Å². The molecule has 1 aromatic carbocycles. The van der Waals surface area contributed by atoms with E-state index in [1.807, 2.05) is 5.38 Å². The number of cyclic esters (lactones) is 1. The Bertz CT molecular complexity index is 642. The molecule has 0 spiro atoms. The minimum absolute atomic E-state index is 0.387. The molecular formula is C13H12N2O4S. The average molecular weight is 292 g/mol. The van der Waals surface area contributed by atoms with E-state index in [4.69, 9.17) is 14.2 Å². The fourth-order valence-corrected chi connectivity index (χ4v) is 2.66. The van der Waals surface area contributed by atoms with Gasteiger partial charge in [-0.25, -0.2) is 9.78 Å². The van der Waals surface area contributed by atoms with Gasteiger partial charge < -0.3 is 19.5 Å². The van der Waals surface area contributed by atoms with E-state index in [0.717, 1.165) is 0 Å². The third kappa shape index (κ3) is 1.96. The number of carbonyl (C=O) groups excluding carboxylic acids is 1. The van der Waals surface area contributed by atoms with Crippen molar-refractivity contribution in [3.8, 4) is 11.5 Å². The molecule has 2 aromatic rings. The first kappa shape index (κ1) is 12.7. The molecule has 1 aliphatic rings. The van der Waals surface area contributed by atoms with Gasteiger partial charge in [-0.05, 0) is 12.1 Å². The molecule has 0 aliphatic carbocycles. The number of rotatable bonds is 4. The number of hydrogen-bond donors (Lipinski definition) is 1. The van der Waals surface area contributed by atoms with E-state index in [2.05, 4.69) is 10.3 Å². The van der Waals surface area contributed by atoms with Gasteiger partial charge in [0.05, 0.1) is 14.2 Å². The molecule has 2 heterocycles. The van der Waals surface area contributed by atoms with Crippen molar-refractivity contribution >= 4 is 22.4 Å². The van der Waals surface area contributed by atoms with Crippen LogP contribution in [0.1, 0.15) is 22.1 Å². The number of anilines is 1. The highest BCUT2D eigenvalue weighted by molar-refractivity contribution is 7.13. The van der Waals surface area contributed by atoms with Crippen molar-refractivity contribution in [2.24, 2.45) is 0 Å². The van der Waals surface area contributed by atoms with Crippen LogP contribution >= 0.6 is 11.3 Å². The maximum absolute atomic E-state index is 12.0. The number of nitrogens with zero attached hydrogens (tertiary/aromatic N) is 1.